The van der Waals surface area contributed by atoms with E-state index in [9.17, 15) is 4.79 Å². The third kappa shape index (κ3) is 4.88. The number of carbonyl (C=O) groups excluding carboxylic acids is 1. The van der Waals surface area contributed by atoms with Gasteiger partial charge in [-0.3, -0.25) is 4.79 Å². The van der Waals surface area contributed by atoms with Crippen molar-refractivity contribution in [1.29, 1.82) is 0 Å². The molecule has 1 aliphatic carbocycles. The van der Waals surface area contributed by atoms with Crippen LogP contribution in [0.1, 0.15) is 20.3 Å². The minimum absolute atomic E-state index is 0.0415. The van der Waals surface area contributed by atoms with Crippen molar-refractivity contribution in [3.8, 4) is 0 Å². The van der Waals surface area contributed by atoms with Gasteiger partial charge in [0.25, 0.3) is 0 Å². The molecular weight excluding hydrogens is 214 g/mol. The van der Waals surface area contributed by atoms with Crippen LogP contribution in [0.4, 0.5) is 0 Å². The second-order valence-electron chi connectivity index (χ2n) is 6.01. The van der Waals surface area contributed by atoms with Crippen LogP contribution in [0, 0.1) is 11.3 Å². The molecule has 0 heterocycles. The van der Waals surface area contributed by atoms with Crippen molar-refractivity contribution in [3.05, 3.63) is 12.2 Å². The van der Waals surface area contributed by atoms with Gasteiger partial charge >= 0.3 is 0 Å². The number of hydrogen-bond donors (Lipinski definition) is 2. The number of rotatable bonds is 5. The maximum Gasteiger partial charge on any atom is 0.227 e. The quantitative estimate of drug-likeness (QED) is 0.691. The predicted octanol–water partition coefficient (Wildman–Crippen LogP) is 0.594. The maximum absolute atomic E-state index is 11.9. The molecule has 2 unspecified atom stereocenters. The van der Waals surface area contributed by atoms with Crippen molar-refractivity contribution in [3.63, 3.8) is 0 Å². The Hall–Kier alpha value is -0.870. The number of amides is 1. The first-order chi connectivity index (χ1) is 7.80. The number of hydrogen-bond acceptors (Lipinski definition) is 3. The normalized spacial score (nSPS) is 24.4. The van der Waals surface area contributed by atoms with Gasteiger partial charge in [-0.15, -0.1) is 0 Å². The van der Waals surface area contributed by atoms with Crippen LogP contribution < -0.4 is 11.1 Å². The van der Waals surface area contributed by atoms with Crippen molar-refractivity contribution in [2.24, 2.45) is 17.1 Å². The van der Waals surface area contributed by atoms with Gasteiger partial charge in [0.15, 0.2) is 0 Å². The molecule has 1 amide bonds. The molecule has 3 N–H and O–H groups in total. The maximum atomic E-state index is 11.9. The van der Waals surface area contributed by atoms with E-state index in [0.717, 1.165) is 13.0 Å². The molecule has 0 aromatic carbocycles. The molecule has 4 heteroatoms. The first-order valence-electron chi connectivity index (χ1n) is 6.16. The summed E-state index contributed by atoms with van der Waals surface area (Å²) in [6, 6.07) is 0.0422. The Kier molecular flexibility index (Phi) is 4.71. The van der Waals surface area contributed by atoms with Crippen LogP contribution in [0.2, 0.25) is 0 Å². The highest BCUT2D eigenvalue weighted by Crippen LogP contribution is 2.18. The Morgan fingerprint density at radius 1 is 1.47 bits per heavy atom. The predicted molar refractivity (Wildman–Crippen MR) is 70.6 cm³/mol. The number of nitrogens with two attached hydrogens (primary N) is 1. The van der Waals surface area contributed by atoms with Gasteiger partial charge in [-0.2, -0.15) is 0 Å². The molecule has 0 aliphatic heterocycles. The number of nitrogens with one attached hydrogen (secondary N) is 1. The molecule has 17 heavy (non-hydrogen) atoms. The number of carbonyl (C=O) groups is 1. The van der Waals surface area contributed by atoms with Crippen molar-refractivity contribution in [2.75, 3.05) is 27.2 Å². The van der Waals surface area contributed by atoms with Gasteiger partial charge in [0.05, 0.1) is 5.92 Å². The Labute approximate surface area is 104 Å². The zero-order valence-corrected chi connectivity index (χ0v) is 11.4. The van der Waals surface area contributed by atoms with Crippen LogP contribution >= 0.6 is 0 Å². The molecule has 0 bridgehead atoms. The first-order valence-corrected chi connectivity index (χ1v) is 6.16. The van der Waals surface area contributed by atoms with Crippen LogP contribution in [0.15, 0.2) is 12.2 Å². The second kappa shape index (κ2) is 5.65. The van der Waals surface area contributed by atoms with E-state index in [2.05, 4.69) is 24.1 Å². The minimum atomic E-state index is -0.0415. The molecule has 0 radical (unpaired) electrons. The summed E-state index contributed by atoms with van der Waals surface area (Å²) in [4.78, 5) is 14.0. The van der Waals surface area contributed by atoms with Crippen LogP contribution in [0.5, 0.6) is 0 Å². The van der Waals surface area contributed by atoms with Gasteiger partial charge in [0.2, 0.25) is 5.91 Å². The van der Waals surface area contributed by atoms with E-state index in [1.165, 1.54) is 0 Å². The molecular formula is C13H25N3O. The Bertz CT molecular complexity index is 297. The van der Waals surface area contributed by atoms with Gasteiger partial charge < -0.3 is 16.0 Å². The highest BCUT2D eigenvalue weighted by atomic mass is 16.1. The fraction of sp³-hybridized carbons (Fsp3) is 0.769. The zero-order chi connectivity index (χ0) is 13.1. The van der Waals surface area contributed by atoms with Gasteiger partial charge in [-0.05, 0) is 25.9 Å². The molecule has 4 nitrogen and oxygen atoms in total. The van der Waals surface area contributed by atoms with Gasteiger partial charge in [-0.1, -0.05) is 26.0 Å². The fourth-order valence-corrected chi connectivity index (χ4v) is 2.29. The molecule has 98 valence electrons. The average molecular weight is 239 g/mol. The van der Waals surface area contributed by atoms with Crippen LogP contribution in [-0.4, -0.2) is 44.0 Å². The molecule has 1 rings (SSSR count). The minimum Gasteiger partial charge on any atom is -0.355 e. The van der Waals surface area contributed by atoms with E-state index in [-0.39, 0.29) is 23.3 Å². The lowest BCUT2D eigenvalue weighted by Crippen LogP contribution is -2.41. The van der Waals surface area contributed by atoms with Crippen molar-refractivity contribution in [2.45, 2.75) is 26.3 Å². The lowest BCUT2D eigenvalue weighted by atomic mass is 9.92. The monoisotopic (exact) mass is 239 g/mol. The van der Waals surface area contributed by atoms with Crippen molar-refractivity contribution >= 4 is 5.91 Å². The summed E-state index contributed by atoms with van der Waals surface area (Å²) in [5.74, 6) is 0.0567. The molecule has 0 fully saturated rings. The van der Waals surface area contributed by atoms with E-state index >= 15 is 0 Å². The summed E-state index contributed by atoms with van der Waals surface area (Å²) in [6.07, 6.45) is 4.56. The standard InChI is InChI=1S/C13H25N3O/c1-13(2,9-16(3)4)8-15-12(17)10-5-6-11(14)7-10/h5-6,10-11H,7-9,14H2,1-4H3,(H,15,17). The number of nitrogens with zero attached hydrogens (tertiary/aromatic N) is 1. The Morgan fingerprint density at radius 2 is 2.12 bits per heavy atom. The second-order valence-corrected chi connectivity index (χ2v) is 6.01. The van der Waals surface area contributed by atoms with E-state index < -0.39 is 0 Å². The lowest BCUT2D eigenvalue weighted by molar-refractivity contribution is -0.124. The highest BCUT2D eigenvalue weighted by Gasteiger charge is 2.25. The van der Waals surface area contributed by atoms with Crippen LogP contribution in [-0.2, 0) is 4.79 Å². The van der Waals surface area contributed by atoms with Gasteiger partial charge in [0, 0.05) is 19.1 Å². The van der Waals surface area contributed by atoms with E-state index in [4.69, 9.17) is 5.73 Å². The molecule has 0 aromatic heterocycles. The van der Waals surface area contributed by atoms with E-state index in [1.807, 2.05) is 26.2 Å². The molecule has 0 saturated heterocycles. The smallest absolute Gasteiger partial charge is 0.227 e. The third-order valence-corrected chi connectivity index (χ3v) is 2.94. The lowest BCUT2D eigenvalue weighted by Gasteiger charge is -2.28. The van der Waals surface area contributed by atoms with Crippen molar-refractivity contribution < 1.29 is 4.79 Å². The summed E-state index contributed by atoms with van der Waals surface area (Å²) in [6.45, 7) is 5.96. The topological polar surface area (TPSA) is 58.4 Å². The molecule has 0 spiro atoms. The summed E-state index contributed by atoms with van der Waals surface area (Å²) in [5.41, 5.74) is 5.82. The fourth-order valence-electron chi connectivity index (χ4n) is 2.29. The Balaban J connectivity index is 2.35. The first kappa shape index (κ1) is 14.2. The third-order valence-electron chi connectivity index (χ3n) is 2.94. The Morgan fingerprint density at radius 3 is 2.59 bits per heavy atom. The zero-order valence-electron chi connectivity index (χ0n) is 11.4. The molecule has 2 atom stereocenters. The summed E-state index contributed by atoms with van der Waals surface area (Å²) in [7, 11) is 4.09. The van der Waals surface area contributed by atoms with Crippen LogP contribution in [0.25, 0.3) is 0 Å². The summed E-state index contributed by atoms with van der Waals surface area (Å²) >= 11 is 0. The summed E-state index contributed by atoms with van der Waals surface area (Å²) < 4.78 is 0. The molecule has 1 aliphatic rings. The summed E-state index contributed by atoms with van der Waals surface area (Å²) in [5, 5.41) is 3.02. The van der Waals surface area contributed by atoms with Gasteiger partial charge in [-0.25, -0.2) is 0 Å². The average Bonchev–Trinajstić information content (AvgIpc) is 2.59. The molecule has 0 aromatic rings. The van der Waals surface area contributed by atoms with E-state index in [1.54, 1.807) is 0 Å². The van der Waals surface area contributed by atoms with Gasteiger partial charge in [0.1, 0.15) is 0 Å². The van der Waals surface area contributed by atoms with Crippen molar-refractivity contribution in [1.82, 2.24) is 10.2 Å². The SMILES string of the molecule is CN(C)CC(C)(C)CNC(=O)C1C=CC(N)C1. The molecule has 0 saturated carbocycles. The van der Waals surface area contributed by atoms with Crippen LogP contribution in [0.3, 0.4) is 0 Å². The van der Waals surface area contributed by atoms with E-state index in [0.29, 0.717) is 6.54 Å². The largest absolute Gasteiger partial charge is 0.355 e. The highest BCUT2D eigenvalue weighted by molar-refractivity contribution is 5.81.